The van der Waals surface area contributed by atoms with Crippen LogP contribution in [0.15, 0.2) is 41.0 Å². The van der Waals surface area contributed by atoms with Crippen LogP contribution >= 0.6 is 0 Å². The van der Waals surface area contributed by atoms with E-state index in [1.54, 1.807) is 6.26 Å². The molecular formula is C19H24N2O3. The molecule has 0 aromatic carbocycles. The van der Waals surface area contributed by atoms with Crippen molar-refractivity contribution in [2.75, 3.05) is 19.7 Å². The fourth-order valence-electron chi connectivity index (χ4n) is 3.73. The number of hydrogen-bond donors (Lipinski definition) is 0. The Morgan fingerprint density at radius 2 is 2.21 bits per heavy atom. The number of aryl methyl sites for hydroxylation is 1. The summed E-state index contributed by atoms with van der Waals surface area (Å²) >= 11 is 0. The number of furan rings is 1. The van der Waals surface area contributed by atoms with Gasteiger partial charge in [-0.1, -0.05) is 6.07 Å². The van der Waals surface area contributed by atoms with Crippen LogP contribution in [0.1, 0.15) is 30.0 Å². The lowest BCUT2D eigenvalue weighted by atomic mass is 9.84. The van der Waals surface area contributed by atoms with Gasteiger partial charge in [-0.3, -0.25) is 9.88 Å². The lowest BCUT2D eigenvalue weighted by molar-refractivity contribution is -0.201. The summed E-state index contributed by atoms with van der Waals surface area (Å²) in [5.41, 5.74) is 2.01. The van der Waals surface area contributed by atoms with Gasteiger partial charge >= 0.3 is 0 Å². The van der Waals surface area contributed by atoms with Crippen molar-refractivity contribution in [2.45, 2.75) is 44.6 Å². The minimum atomic E-state index is -0.0322. The Labute approximate surface area is 142 Å². The van der Waals surface area contributed by atoms with Crippen LogP contribution in [0, 0.1) is 6.92 Å². The van der Waals surface area contributed by atoms with E-state index in [0.717, 1.165) is 56.2 Å². The third kappa shape index (κ3) is 3.53. The SMILES string of the molecule is Cc1cccc(COC2CCOC3(C2)CN(Cc2ccco2)C3)n1. The van der Waals surface area contributed by atoms with Crippen molar-refractivity contribution in [3.8, 4) is 0 Å². The molecular weight excluding hydrogens is 304 g/mol. The van der Waals surface area contributed by atoms with Gasteiger partial charge in [-0.2, -0.15) is 0 Å². The van der Waals surface area contributed by atoms with Crippen molar-refractivity contribution in [2.24, 2.45) is 0 Å². The molecule has 1 atom stereocenters. The Hall–Kier alpha value is -1.69. The fourth-order valence-corrected chi connectivity index (χ4v) is 3.73. The molecule has 0 aliphatic carbocycles. The Morgan fingerprint density at radius 3 is 3.00 bits per heavy atom. The summed E-state index contributed by atoms with van der Waals surface area (Å²) in [5, 5.41) is 0. The van der Waals surface area contributed by atoms with E-state index in [1.165, 1.54) is 0 Å². The van der Waals surface area contributed by atoms with Crippen molar-refractivity contribution in [1.29, 1.82) is 0 Å². The molecule has 5 heteroatoms. The average Bonchev–Trinajstić information content (AvgIpc) is 3.05. The van der Waals surface area contributed by atoms with Gasteiger partial charge in [-0.25, -0.2) is 0 Å². The Kier molecular flexibility index (Phi) is 4.39. The van der Waals surface area contributed by atoms with E-state index in [4.69, 9.17) is 13.9 Å². The Bertz CT molecular complexity index is 665. The third-order valence-corrected chi connectivity index (χ3v) is 4.84. The maximum Gasteiger partial charge on any atom is 0.117 e. The van der Waals surface area contributed by atoms with Crippen LogP contribution in [0.4, 0.5) is 0 Å². The highest BCUT2D eigenvalue weighted by molar-refractivity contribution is 5.09. The molecule has 2 saturated heterocycles. The van der Waals surface area contributed by atoms with Gasteiger partial charge in [0.15, 0.2) is 0 Å². The van der Waals surface area contributed by atoms with Gasteiger partial charge in [-0.15, -0.1) is 0 Å². The van der Waals surface area contributed by atoms with Gasteiger partial charge in [0.2, 0.25) is 0 Å². The summed E-state index contributed by atoms with van der Waals surface area (Å²) in [6.45, 7) is 6.14. The normalized spacial score (nSPS) is 23.3. The second kappa shape index (κ2) is 6.67. The van der Waals surface area contributed by atoms with E-state index in [2.05, 4.69) is 9.88 Å². The second-order valence-electron chi connectivity index (χ2n) is 6.95. The lowest BCUT2D eigenvalue weighted by Gasteiger charge is -2.53. The summed E-state index contributed by atoms with van der Waals surface area (Å²) in [5.74, 6) is 1.01. The molecule has 1 spiro atoms. The van der Waals surface area contributed by atoms with E-state index >= 15 is 0 Å². The summed E-state index contributed by atoms with van der Waals surface area (Å²) in [4.78, 5) is 6.87. The number of hydrogen-bond acceptors (Lipinski definition) is 5. The van der Waals surface area contributed by atoms with E-state index in [0.29, 0.717) is 6.61 Å². The quantitative estimate of drug-likeness (QED) is 0.844. The van der Waals surface area contributed by atoms with Crippen molar-refractivity contribution in [3.05, 3.63) is 53.7 Å². The number of rotatable bonds is 5. The highest BCUT2D eigenvalue weighted by atomic mass is 16.5. The zero-order valence-electron chi connectivity index (χ0n) is 14.1. The summed E-state index contributed by atoms with van der Waals surface area (Å²) in [6.07, 6.45) is 3.91. The van der Waals surface area contributed by atoms with Crippen LogP contribution in [-0.4, -0.2) is 41.3 Å². The molecule has 2 aliphatic rings. The maximum absolute atomic E-state index is 6.12. The minimum absolute atomic E-state index is 0.0322. The number of likely N-dealkylation sites (tertiary alicyclic amines) is 1. The monoisotopic (exact) mass is 328 g/mol. The van der Waals surface area contributed by atoms with Crippen LogP contribution in [0.5, 0.6) is 0 Å². The maximum atomic E-state index is 6.12. The first-order valence-electron chi connectivity index (χ1n) is 8.64. The van der Waals surface area contributed by atoms with Crippen molar-refractivity contribution in [1.82, 2.24) is 9.88 Å². The van der Waals surface area contributed by atoms with Gasteiger partial charge in [0.05, 0.1) is 36.8 Å². The number of nitrogens with zero attached hydrogens (tertiary/aromatic N) is 2. The number of ether oxygens (including phenoxy) is 2. The molecule has 5 nitrogen and oxygen atoms in total. The van der Waals surface area contributed by atoms with Crippen LogP contribution in [-0.2, 0) is 22.6 Å². The largest absolute Gasteiger partial charge is 0.468 e. The predicted octanol–water partition coefficient (Wildman–Crippen LogP) is 2.93. The molecule has 4 heterocycles. The summed E-state index contributed by atoms with van der Waals surface area (Å²) in [7, 11) is 0. The van der Waals surface area contributed by atoms with Crippen LogP contribution < -0.4 is 0 Å². The van der Waals surface area contributed by atoms with Crippen LogP contribution in [0.2, 0.25) is 0 Å². The Morgan fingerprint density at radius 1 is 1.29 bits per heavy atom. The first kappa shape index (κ1) is 15.8. The van der Waals surface area contributed by atoms with E-state index in [1.807, 2.05) is 37.3 Å². The summed E-state index contributed by atoms with van der Waals surface area (Å²) in [6, 6.07) is 10.0. The van der Waals surface area contributed by atoms with Gasteiger partial charge in [0, 0.05) is 31.8 Å². The topological polar surface area (TPSA) is 47.7 Å². The molecule has 4 rings (SSSR count). The molecule has 2 aliphatic heterocycles. The molecule has 2 aromatic rings. The fraction of sp³-hybridized carbons (Fsp3) is 0.526. The molecule has 0 saturated carbocycles. The molecule has 0 radical (unpaired) electrons. The molecule has 0 N–H and O–H groups in total. The third-order valence-electron chi connectivity index (χ3n) is 4.84. The van der Waals surface area contributed by atoms with Gasteiger partial charge in [0.25, 0.3) is 0 Å². The smallest absolute Gasteiger partial charge is 0.117 e. The second-order valence-corrected chi connectivity index (χ2v) is 6.95. The molecule has 2 aromatic heterocycles. The highest BCUT2D eigenvalue weighted by Gasteiger charge is 2.47. The van der Waals surface area contributed by atoms with Crippen molar-refractivity contribution in [3.63, 3.8) is 0 Å². The molecule has 1 unspecified atom stereocenters. The van der Waals surface area contributed by atoms with Gasteiger partial charge < -0.3 is 13.9 Å². The van der Waals surface area contributed by atoms with Crippen LogP contribution in [0.25, 0.3) is 0 Å². The molecule has 128 valence electrons. The van der Waals surface area contributed by atoms with Crippen LogP contribution in [0.3, 0.4) is 0 Å². The van der Waals surface area contributed by atoms with Crippen molar-refractivity contribution >= 4 is 0 Å². The Balaban J connectivity index is 1.27. The predicted molar refractivity (Wildman–Crippen MR) is 89.5 cm³/mol. The van der Waals surface area contributed by atoms with E-state index < -0.39 is 0 Å². The number of pyridine rings is 1. The standard InChI is InChI=1S/C19H24N2O3/c1-15-4-2-5-16(20-15)12-23-17-7-9-24-19(10-17)13-21(14-19)11-18-6-3-8-22-18/h2-6,8,17H,7,9-14H2,1H3. The zero-order valence-corrected chi connectivity index (χ0v) is 14.1. The lowest BCUT2D eigenvalue weighted by Crippen LogP contribution is -2.65. The minimum Gasteiger partial charge on any atom is -0.468 e. The number of aromatic nitrogens is 1. The van der Waals surface area contributed by atoms with Gasteiger partial charge in [-0.05, 0) is 37.6 Å². The average molecular weight is 328 g/mol. The van der Waals surface area contributed by atoms with E-state index in [-0.39, 0.29) is 11.7 Å². The molecule has 2 fully saturated rings. The molecule has 0 bridgehead atoms. The zero-order chi connectivity index (χ0) is 16.4. The first-order chi connectivity index (χ1) is 11.7. The summed E-state index contributed by atoms with van der Waals surface area (Å²) < 4.78 is 17.6. The first-order valence-corrected chi connectivity index (χ1v) is 8.64. The molecule has 24 heavy (non-hydrogen) atoms. The van der Waals surface area contributed by atoms with Crippen molar-refractivity contribution < 1.29 is 13.9 Å². The highest BCUT2D eigenvalue weighted by Crippen LogP contribution is 2.36. The molecule has 0 amide bonds. The van der Waals surface area contributed by atoms with Gasteiger partial charge in [0.1, 0.15) is 5.76 Å². The van der Waals surface area contributed by atoms with E-state index in [9.17, 15) is 0 Å².